The molecule has 3 fully saturated rings. The molecule has 164 valence electrons. The molecule has 3 saturated heterocycles. The van der Waals surface area contributed by atoms with Crippen molar-refractivity contribution in [3.8, 4) is 0 Å². The molecular formula is C18H35Cl2N5O3. The van der Waals surface area contributed by atoms with E-state index in [4.69, 9.17) is 4.74 Å². The monoisotopic (exact) mass is 439 g/mol. The van der Waals surface area contributed by atoms with E-state index in [-0.39, 0.29) is 42.7 Å². The molecule has 10 heteroatoms. The summed E-state index contributed by atoms with van der Waals surface area (Å²) in [5.74, 6) is 0.487. The lowest BCUT2D eigenvalue weighted by atomic mass is 10.2. The number of halogens is 2. The lowest BCUT2D eigenvalue weighted by molar-refractivity contribution is -0.141. The average Bonchev–Trinajstić information content (AvgIpc) is 2.72. The average molecular weight is 440 g/mol. The second-order valence-corrected chi connectivity index (χ2v) is 7.37. The van der Waals surface area contributed by atoms with E-state index in [1.54, 1.807) is 0 Å². The molecule has 3 aliphatic rings. The van der Waals surface area contributed by atoms with Crippen LogP contribution in [-0.2, 0) is 14.3 Å². The van der Waals surface area contributed by atoms with Gasteiger partial charge in [0.15, 0.2) is 0 Å². The summed E-state index contributed by atoms with van der Waals surface area (Å²) in [6.45, 7) is 12.6. The fraction of sp³-hybridized carbons (Fsp3) is 0.889. The number of rotatable bonds is 5. The minimum Gasteiger partial charge on any atom is -0.378 e. The number of nitrogens with one attached hydrogen (secondary N) is 1. The quantitative estimate of drug-likeness (QED) is 0.623. The summed E-state index contributed by atoms with van der Waals surface area (Å²) in [7, 11) is 0. The Labute approximate surface area is 180 Å². The zero-order chi connectivity index (χ0) is 18.4. The number of hydrogen-bond acceptors (Lipinski definition) is 6. The maximum atomic E-state index is 12.6. The number of nitrogens with zero attached hydrogens (tertiary/aromatic N) is 4. The van der Waals surface area contributed by atoms with Crippen LogP contribution in [0.2, 0.25) is 0 Å². The molecule has 3 rings (SSSR count). The maximum Gasteiger partial charge on any atom is 0.239 e. The van der Waals surface area contributed by atoms with Crippen LogP contribution in [0.5, 0.6) is 0 Å². The highest BCUT2D eigenvalue weighted by molar-refractivity contribution is 5.85. The van der Waals surface area contributed by atoms with Crippen molar-refractivity contribution in [1.29, 1.82) is 0 Å². The van der Waals surface area contributed by atoms with Crippen molar-refractivity contribution in [2.75, 3.05) is 85.2 Å². The number of piperazine rings is 2. The third-order valence-corrected chi connectivity index (χ3v) is 5.75. The smallest absolute Gasteiger partial charge is 0.239 e. The van der Waals surface area contributed by atoms with Crippen LogP contribution in [0.3, 0.4) is 0 Å². The van der Waals surface area contributed by atoms with E-state index in [2.05, 4.69) is 15.1 Å². The molecular weight excluding hydrogens is 405 g/mol. The van der Waals surface area contributed by atoms with Crippen LogP contribution < -0.4 is 5.32 Å². The fourth-order valence-electron chi connectivity index (χ4n) is 3.90. The van der Waals surface area contributed by atoms with Crippen LogP contribution >= 0.6 is 24.8 Å². The molecule has 0 aromatic rings. The van der Waals surface area contributed by atoms with Gasteiger partial charge in [-0.1, -0.05) is 0 Å². The molecule has 1 atom stereocenters. The highest BCUT2D eigenvalue weighted by Gasteiger charge is 2.29. The maximum absolute atomic E-state index is 12.6. The third-order valence-electron chi connectivity index (χ3n) is 5.75. The molecule has 0 aromatic heterocycles. The van der Waals surface area contributed by atoms with Crippen LogP contribution in [0.25, 0.3) is 0 Å². The topological polar surface area (TPSA) is 68.4 Å². The number of ether oxygens (including phenoxy) is 1. The van der Waals surface area contributed by atoms with Crippen LogP contribution in [-0.4, -0.2) is 123 Å². The number of hydrogen-bond donors (Lipinski definition) is 1. The highest BCUT2D eigenvalue weighted by atomic mass is 35.5. The first-order chi connectivity index (χ1) is 12.6. The van der Waals surface area contributed by atoms with Gasteiger partial charge in [0.05, 0.1) is 19.3 Å². The molecule has 2 amide bonds. The summed E-state index contributed by atoms with van der Waals surface area (Å²) in [5, 5.41) is 3.28. The summed E-state index contributed by atoms with van der Waals surface area (Å²) in [5.41, 5.74) is 0. The lowest BCUT2D eigenvalue weighted by Crippen LogP contribution is -2.56. The van der Waals surface area contributed by atoms with Gasteiger partial charge >= 0.3 is 0 Å². The predicted molar refractivity (Wildman–Crippen MR) is 113 cm³/mol. The van der Waals surface area contributed by atoms with Gasteiger partial charge in [0.1, 0.15) is 0 Å². The molecule has 3 aliphatic heterocycles. The molecule has 0 bridgehead atoms. The van der Waals surface area contributed by atoms with Gasteiger partial charge in [0.25, 0.3) is 0 Å². The van der Waals surface area contributed by atoms with Gasteiger partial charge < -0.3 is 24.8 Å². The first-order valence-corrected chi connectivity index (χ1v) is 9.96. The van der Waals surface area contributed by atoms with Crippen molar-refractivity contribution < 1.29 is 14.3 Å². The first kappa shape index (κ1) is 25.4. The highest BCUT2D eigenvalue weighted by Crippen LogP contribution is 2.11. The molecule has 1 N–H and O–H groups in total. The van der Waals surface area contributed by atoms with Crippen LogP contribution in [0, 0.1) is 0 Å². The van der Waals surface area contributed by atoms with Crippen LogP contribution in [0.4, 0.5) is 0 Å². The van der Waals surface area contributed by atoms with Crippen molar-refractivity contribution in [3.05, 3.63) is 0 Å². The molecule has 0 spiro atoms. The molecule has 0 radical (unpaired) electrons. The van der Waals surface area contributed by atoms with Crippen LogP contribution in [0.1, 0.15) is 13.3 Å². The Morgan fingerprint density at radius 3 is 2.11 bits per heavy atom. The van der Waals surface area contributed by atoms with E-state index in [0.717, 1.165) is 58.9 Å². The second kappa shape index (κ2) is 12.8. The standard InChI is InChI=1S/C18H33N5O3.2ClH/c1-16(18(25)23-12-14-26-15-13-23)21-10-8-20(9-11-21)5-2-17(24)22-6-3-19-4-7-22;;/h16,19H,2-15H2,1H3;2*1H. The molecule has 0 saturated carbocycles. The van der Waals surface area contributed by atoms with Gasteiger partial charge in [0, 0.05) is 78.4 Å². The largest absolute Gasteiger partial charge is 0.378 e. The van der Waals surface area contributed by atoms with Crippen molar-refractivity contribution in [2.24, 2.45) is 0 Å². The number of morpholine rings is 1. The van der Waals surface area contributed by atoms with E-state index in [0.29, 0.717) is 32.7 Å². The van der Waals surface area contributed by atoms with Crippen molar-refractivity contribution in [2.45, 2.75) is 19.4 Å². The number of carbonyl (C=O) groups is 2. The molecule has 8 nitrogen and oxygen atoms in total. The fourth-order valence-corrected chi connectivity index (χ4v) is 3.90. The molecule has 0 aliphatic carbocycles. The first-order valence-electron chi connectivity index (χ1n) is 9.96. The SMILES string of the molecule is CC(C(=O)N1CCOCC1)N1CCN(CCC(=O)N2CCNCC2)CC1.Cl.Cl. The van der Waals surface area contributed by atoms with Gasteiger partial charge in [0.2, 0.25) is 11.8 Å². The molecule has 0 aromatic carbocycles. The Kier molecular flexibility index (Phi) is 11.6. The van der Waals surface area contributed by atoms with E-state index in [9.17, 15) is 9.59 Å². The van der Waals surface area contributed by atoms with E-state index >= 15 is 0 Å². The molecule has 1 unspecified atom stereocenters. The Morgan fingerprint density at radius 2 is 1.50 bits per heavy atom. The summed E-state index contributed by atoms with van der Waals surface area (Å²) in [4.78, 5) is 33.4. The molecule has 28 heavy (non-hydrogen) atoms. The van der Waals surface area contributed by atoms with E-state index in [1.807, 2.05) is 16.7 Å². The number of carbonyl (C=O) groups excluding carboxylic acids is 2. The second-order valence-electron chi connectivity index (χ2n) is 7.37. The van der Waals surface area contributed by atoms with Gasteiger partial charge in [-0.05, 0) is 6.92 Å². The zero-order valence-corrected chi connectivity index (χ0v) is 18.4. The van der Waals surface area contributed by atoms with Gasteiger partial charge in [-0.25, -0.2) is 0 Å². The Hall–Kier alpha value is -0.640. The van der Waals surface area contributed by atoms with E-state index in [1.165, 1.54) is 0 Å². The predicted octanol–water partition coefficient (Wildman–Crippen LogP) is -0.483. The van der Waals surface area contributed by atoms with Gasteiger partial charge in [-0.3, -0.25) is 14.5 Å². The minimum atomic E-state index is -0.0715. The summed E-state index contributed by atoms with van der Waals surface area (Å²) < 4.78 is 5.33. The third kappa shape index (κ3) is 7.00. The van der Waals surface area contributed by atoms with Crippen molar-refractivity contribution in [1.82, 2.24) is 24.9 Å². The van der Waals surface area contributed by atoms with E-state index < -0.39 is 0 Å². The Balaban J connectivity index is 0.00000196. The summed E-state index contributed by atoms with van der Waals surface area (Å²) in [6, 6.07) is -0.0715. The Morgan fingerprint density at radius 1 is 0.893 bits per heavy atom. The van der Waals surface area contributed by atoms with Crippen LogP contribution in [0.15, 0.2) is 0 Å². The van der Waals surface area contributed by atoms with Gasteiger partial charge in [-0.15, -0.1) is 24.8 Å². The summed E-state index contributed by atoms with van der Waals surface area (Å²) in [6.07, 6.45) is 0.599. The Bertz CT molecular complexity index is 480. The van der Waals surface area contributed by atoms with Gasteiger partial charge in [-0.2, -0.15) is 0 Å². The molecule has 3 heterocycles. The van der Waals surface area contributed by atoms with Crippen molar-refractivity contribution >= 4 is 36.6 Å². The minimum absolute atomic E-state index is 0. The number of amides is 2. The van der Waals surface area contributed by atoms with Crippen molar-refractivity contribution in [3.63, 3.8) is 0 Å². The lowest BCUT2D eigenvalue weighted by Gasteiger charge is -2.39. The normalized spacial score (nSPS) is 22.8. The zero-order valence-electron chi connectivity index (χ0n) is 16.8. The summed E-state index contributed by atoms with van der Waals surface area (Å²) >= 11 is 0.